The van der Waals surface area contributed by atoms with Crippen LogP contribution in [0.5, 0.6) is 11.6 Å². The molecule has 8 heteroatoms. The molecular formula is C21H23N5O3. The number of likely N-dealkylation sites (tertiary alicyclic amines) is 1. The highest BCUT2D eigenvalue weighted by Gasteiger charge is 2.24. The summed E-state index contributed by atoms with van der Waals surface area (Å²) >= 11 is 0. The minimum atomic E-state index is -0.00704. The van der Waals surface area contributed by atoms with Crippen LogP contribution in [-0.4, -0.2) is 56.6 Å². The number of hydrogen-bond donors (Lipinski definition) is 0. The minimum Gasteiger partial charge on any atom is -0.484 e. The van der Waals surface area contributed by atoms with Crippen molar-refractivity contribution in [1.82, 2.24) is 24.9 Å². The summed E-state index contributed by atoms with van der Waals surface area (Å²) in [4.78, 5) is 14.2. The van der Waals surface area contributed by atoms with Crippen molar-refractivity contribution >= 4 is 5.91 Å². The van der Waals surface area contributed by atoms with E-state index in [-0.39, 0.29) is 18.6 Å². The first-order chi connectivity index (χ1) is 14.2. The molecule has 0 aliphatic carbocycles. The van der Waals surface area contributed by atoms with E-state index < -0.39 is 0 Å². The highest BCUT2D eigenvalue weighted by molar-refractivity contribution is 5.77. The Labute approximate surface area is 169 Å². The summed E-state index contributed by atoms with van der Waals surface area (Å²) in [7, 11) is 0. The van der Waals surface area contributed by atoms with Gasteiger partial charge in [-0.05, 0) is 31.2 Å². The molecule has 2 aromatic heterocycles. The molecule has 1 aromatic carbocycles. The Morgan fingerprint density at radius 2 is 1.90 bits per heavy atom. The maximum atomic E-state index is 12.4. The molecule has 1 aliphatic heterocycles. The van der Waals surface area contributed by atoms with Crippen molar-refractivity contribution in [2.24, 2.45) is 0 Å². The minimum absolute atomic E-state index is 0.00704. The van der Waals surface area contributed by atoms with Crippen LogP contribution in [0.3, 0.4) is 0 Å². The molecule has 1 saturated heterocycles. The van der Waals surface area contributed by atoms with Crippen molar-refractivity contribution < 1.29 is 14.3 Å². The molecule has 1 aliphatic rings. The topological polar surface area (TPSA) is 82.4 Å². The van der Waals surface area contributed by atoms with Gasteiger partial charge in [-0.2, -0.15) is 5.10 Å². The maximum absolute atomic E-state index is 12.4. The zero-order valence-electron chi connectivity index (χ0n) is 16.3. The van der Waals surface area contributed by atoms with Gasteiger partial charge in [0.05, 0.1) is 0 Å². The second-order valence-corrected chi connectivity index (χ2v) is 6.98. The van der Waals surface area contributed by atoms with Crippen LogP contribution in [0.4, 0.5) is 0 Å². The van der Waals surface area contributed by atoms with E-state index in [0.717, 1.165) is 18.4 Å². The largest absolute Gasteiger partial charge is 0.484 e. The summed E-state index contributed by atoms with van der Waals surface area (Å²) in [6, 6.07) is 13.1. The number of carbonyl (C=O) groups is 1. The van der Waals surface area contributed by atoms with Crippen molar-refractivity contribution in [3.8, 4) is 17.4 Å². The van der Waals surface area contributed by atoms with E-state index in [4.69, 9.17) is 9.47 Å². The Kier molecular flexibility index (Phi) is 5.69. The monoisotopic (exact) mass is 393 g/mol. The lowest BCUT2D eigenvalue weighted by molar-refractivity contribution is -0.135. The van der Waals surface area contributed by atoms with E-state index in [0.29, 0.717) is 30.5 Å². The van der Waals surface area contributed by atoms with Crippen LogP contribution in [-0.2, 0) is 4.79 Å². The van der Waals surface area contributed by atoms with Gasteiger partial charge in [0.2, 0.25) is 5.88 Å². The lowest BCUT2D eigenvalue weighted by atomic mass is 10.1. The van der Waals surface area contributed by atoms with Gasteiger partial charge < -0.3 is 14.4 Å². The van der Waals surface area contributed by atoms with Crippen molar-refractivity contribution in [2.75, 3.05) is 19.7 Å². The zero-order valence-corrected chi connectivity index (χ0v) is 16.3. The first-order valence-electron chi connectivity index (χ1n) is 9.65. The molecule has 0 saturated carbocycles. The second-order valence-electron chi connectivity index (χ2n) is 6.98. The van der Waals surface area contributed by atoms with E-state index in [1.807, 2.05) is 48.2 Å². The number of hydrogen-bond acceptors (Lipinski definition) is 6. The van der Waals surface area contributed by atoms with Crippen LogP contribution in [0.2, 0.25) is 0 Å². The van der Waals surface area contributed by atoms with Gasteiger partial charge in [-0.1, -0.05) is 17.7 Å². The summed E-state index contributed by atoms with van der Waals surface area (Å²) in [5, 5.41) is 12.4. The molecule has 8 nitrogen and oxygen atoms in total. The van der Waals surface area contributed by atoms with E-state index in [1.54, 1.807) is 23.1 Å². The zero-order chi connectivity index (χ0) is 20.1. The molecule has 3 aromatic rings. The highest BCUT2D eigenvalue weighted by Crippen LogP contribution is 2.18. The summed E-state index contributed by atoms with van der Waals surface area (Å²) in [6.07, 6.45) is 5.01. The molecule has 0 atom stereocenters. The number of aryl methyl sites for hydroxylation is 1. The predicted molar refractivity (Wildman–Crippen MR) is 106 cm³/mol. The first-order valence-corrected chi connectivity index (χ1v) is 9.65. The first kappa shape index (κ1) is 18.9. The van der Waals surface area contributed by atoms with Crippen LogP contribution in [0.25, 0.3) is 5.82 Å². The average Bonchev–Trinajstić information content (AvgIpc) is 3.29. The second kappa shape index (κ2) is 8.72. The van der Waals surface area contributed by atoms with Gasteiger partial charge in [-0.15, -0.1) is 10.2 Å². The third kappa shape index (κ3) is 4.90. The number of rotatable bonds is 6. The van der Waals surface area contributed by atoms with Crippen LogP contribution in [0, 0.1) is 6.92 Å². The molecule has 1 amide bonds. The van der Waals surface area contributed by atoms with Crippen molar-refractivity contribution in [3.05, 3.63) is 60.4 Å². The molecule has 0 N–H and O–H groups in total. The van der Waals surface area contributed by atoms with E-state index >= 15 is 0 Å². The normalized spacial score (nSPS) is 14.6. The molecule has 29 heavy (non-hydrogen) atoms. The van der Waals surface area contributed by atoms with Gasteiger partial charge in [-0.3, -0.25) is 4.79 Å². The van der Waals surface area contributed by atoms with Crippen molar-refractivity contribution in [3.63, 3.8) is 0 Å². The van der Waals surface area contributed by atoms with Gasteiger partial charge >= 0.3 is 0 Å². The number of piperidine rings is 1. The van der Waals surface area contributed by atoms with Crippen molar-refractivity contribution in [1.29, 1.82) is 0 Å². The molecule has 4 rings (SSSR count). The summed E-state index contributed by atoms with van der Waals surface area (Å²) in [5.41, 5.74) is 1.16. The molecule has 150 valence electrons. The quantitative estimate of drug-likeness (QED) is 0.640. The Hall–Kier alpha value is -3.42. The molecule has 0 spiro atoms. The van der Waals surface area contributed by atoms with Crippen LogP contribution in [0.1, 0.15) is 18.4 Å². The predicted octanol–water partition coefficient (Wildman–Crippen LogP) is 2.42. The fourth-order valence-corrected chi connectivity index (χ4v) is 3.17. The van der Waals surface area contributed by atoms with E-state index in [9.17, 15) is 4.79 Å². The Balaban J connectivity index is 1.22. The van der Waals surface area contributed by atoms with Crippen molar-refractivity contribution in [2.45, 2.75) is 25.9 Å². The Morgan fingerprint density at radius 3 is 2.55 bits per heavy atom. The van der Waals surface area contributed by atoms with Gasteiger partial charge in [-0.25, -0.2) is 4.68 Å². The average molecular weight is 393 g/mol. The number of amides is 1. The maximum Gasteiger partial charge on any atom is 0.260 e. The summed E-state index contributed by atoms with van der Waals surface area (Å²) in [5.74, 6) is 1.82. The number of benzene rings is 1. The SMILES string of the molecule is Cc1ccc(OCC(=O)N2CCC(Oc3ccc(-n4cccn4)nn3)CC2)cc1. The third-order valence-corrected chi connectivity index (χ3v) is 4.83. The molecule has 0 radical (unpaired) electrons. The Morgan fingerprint density at radius 1 is 1.10 bits per heavy atom. The molecular weight excluding hydrogens is 370 g/mol. The van der Waals surface area contributed by atoms with E-state index in [2.05, 4.69) is 15.3 Å². The van der Waals surface area contributed by atoms with Crippen LogP contribution in [0.15, 0.2) is 54.9 Å². The lowest BCUT2D eigenvalue weighted by Gasteiger charge is -2.31. The smallest absolute Gasteiger partial charge is 0.260 e. The van der Waals surface area contributed by atoms with Crippen LogP contribution < -0.4 is 9.47 Å². The fraction of sp³-hybridized carbons (Fsp3) is 0.333. The summed E-state index contributed by atoms with van der Waals surface area (Å²) < 4.78 is 13.2. The lowest BCUT2D eigenvalue weighted by Crippen LogP contribution is -2.43. The van der Waals surface area contributed by atoms with Gasteiger partial charge in [0.1, 0.15) is 11.9 Å². The molecule has 0 bridgehead atoms. The van der Waals surface area contributed by atoms with Gasteiger partial charge in [0, 0.05) is 44.4 Å². The fourth-order valence-electron chi connectivity index (χ4n) is 3.17. The van der Waals surface area contributed by atoms with Gasteiger partial charge in [0.15, 0.2) is 12.4 Å². The molecule has 1 fully saturated rings. The number of carbonyl (C=O) groups excluding carboxylic acids is 1. The number of ether oxygens (including phenoxy) is 2. The highest BCUT2D eigenvalue weighted by atomic mass is 16.5. The third-order valence-electron chi connectivity index (χ3n) is 4.83. The standard InChI is InChI=1S/C21H23N5O3/c1-16-3-5-17(6-4-16)28-15-21(27)25-13-9-18(10-14-25)29-20-8-7-19(23-24-20)26-12-2-11-22-26/h2-8,11-12,18H,9-10,13-15H2,1H3. The summed E-state index contributed by atoms with van der Waals surface area (Å²) in [6.45, 7) is 3.34. The van der Waals surface area contributed by atoms with Crippen LogP contribution >= 0.6 is 0 Å². The molecule has 0 unspecified atom stereocenters. The number of nitrogens with zero attached hydrogens (tertiary/aromatic N) is 5. The molecule has 3 heterocycles. The van der Waals surface area contributed by atoms with Gasteiger partial charge in [0.25, 0.3) is 5.91 Å². The van der Waals surface area contributed by atoms with E-state index in [1.165, 1.54) is 0 Å². The Bertz CT molecular complexity index is 918. The number of aromatic nitrogens is 4.